The second-order valence-corrected chi connectivity index (χ2v) is 12.4. The Morgan fingerprint density at radius 3 is 1.48 bits per heavy atom. The largest absolute Gasteiger partial charge is 0.369 e. The normalized spacial score (nSPS) is 12.6. The molecule has 2 atom stereocenters. The fourth-order valence-electron chi connectivity index (χ4n) is 5.53. The standard InChI is InChI=1S/C34H66N4O4/c1-2-3-4-5-6-7-8-10-13-23-32(40)28-30(21-16-18-25-36)34(42)38-26-19-12-9-11-14-22-31(39)27-29(33(37)41)20-15-17-24-35/h29-30H,2-28,35-36H2,1H3,(H2,37,41)(H,38,42)/p+2. The Balaban J connectivity index is 4.12. The second-order valence-electron chi connectivity index (χ2n) is 12.4. The van der Waals surface area contributed by atoms with Gasteiger partial charge in [-0.3, -0.25) is 19.2 Å². The van der Waals surface area contributed by atoms with Crippen molar-refractivity contribution in [2.75, 3.05) is 19.6 Å². The number of hydrogen-bond donors (Lipinski definition) is 4. The third-order valence-electron chi connectivity index (χ3n) is 8.32. The van der Waals surface area contributed by atoms with E-state index < -0.39 is 0 Å². The summed E-state index contributed by atoms with van der Waals surface area (Å²) in [6, 6.07) is 0. The molecule has 0 saturated carbocycles. The van der Waals surface area contributed by atoms with E-state index in [-0.39, 0.29) is 41.6 Å². The number of nitrogens with two attached hydrogens (primary N) is 1. The molecule has 0 aliphatic rings. The number of rotatable bonds is 32. The summed E-state index contributed by atoms with van der Waals surface area (Å²) < 4.78 is 0. The van der Waals surface area contributed by atoms with Crippen LogP contribution in [0.3, 0.4) is 0 Å². The zero-order chi connectivity index (χ0) is 31.3. The summed E-state index contributed by atoms with van der Waals surface area (Å²) >= 11 is 0. The van der Waals surface area contributed by atoms with E-state index in [2.05, 4.69) is 23.7 Å². The summed E-state index contributed by atoms with van der Waals surface area (Å²) in [4.78, 5) is 49.4. The van der Waals surface area contributed by atoms with Crippen LogP contribution < -0.4 is 22.5 Å². The molecule has 8 heteroatoms. The van der Waals surface area contributed by atoms with Crippen molar-refractivity contribution in [3.63, 3.8) is 0 Å². The van der Waals surface area contributed by atoms with Crippen LogP contribution >= 0.6 is 0 Å². The van der Waals surface area contributed by atoms with Gasteiger partial charge in [0.15, 0.2) is 0 Å². The molecule has 0 aromatic carbocycles. The van der Waals surface area contributed by atoms with Gasteiger partial charge < -0.3 is 22.5 Å². The first kappa shape index (κ1) is 40.2. The first-order valence-electron chi connectivity index (χ1n) is 17.5. The summed E-state index contributed by atoms with van der Waals surface area (Å²) in [6.45, 7) is 4.56. The van der Waals surface area contributed by atoms with Crippen LogP contribution in [0, 0.1) is 11.8 Å². The SMILES string of the molecule is CCCCCCCCCCCC(=O)CC(CCCC[NH3+])C(=O)NCCCCCCCC(=O)CC(CCCC[NH3+])C(N)=O. The molecule has 0 radical (unpaired) electrons. The Hall–Kier alpha value is -1.80. The average Bonchev–Trinajstić information content (AvgIpc) is 2.96. The second kappa shape index (κ2) is 29.3. The Labute approximate surface area is 257 Å². The first-order chi connectivity index (χ1) is 20.3. The molecule has 0 aromatic heterocycles. The third kappa shape index (κ3) is 24.8. The van der Waals surface area contributed by atoms with Crippen LogP contribution in [-0.4, -0.2) is 43.0 Å². The molecule has 0 bridgehead atoms. The van der Waals surface area contributed by atoms with Gasteiger partial charge >= 0.3 is 0 Å². The minimum Gasteiger partial charge on any atom is -0.369 e. The number of ketones is 2. The van der Waals surface area contributed by atoms with Crippen molar-refractivity contribution >= 4 is 23.4 Å². The molecule has 246 valence electrons. The van der Waals surface area contributed by atoms with Gasteiger partial charge in [0.2, 0.25) is 11.8 Å². The fraction of sp³-hybridized carbons (Fsp3) is 0.882. The smallest absolute Gasteiger partial charge is 0.223 e. The Morgan fingerprint density at radius 1 is 0.571 bits per heavy atom. The molecule has 0 heterocycles. The number of carbonyl (C=O) groups is 4. The van der Waals surface area contributed by atoms with Crippen LogP contribution in [0.1, 0.15) is 161 Å². The van der Waals surface area contributed by atoms with Crippen molar-refractivity contribution < 1.29 is 30.6 Å². The highest BCUT2D eigenvalue weighted by Gasteiger charge is 2.21. The Kier molecular flexibility index (Phi) is 28.0. The quantitative estimate of drug-likeness (QED) is 0.0819. The average molecular weight is 597 g/mol. The maximum atomic E-state index is 12.9. The summed E-state index contributed by atoms with van der Waals surface area (Å²) in [6.07, 6.45) is 22.7. The maximum Gasteiger partial charge on any atom is 0.223 e. The number of carbonyl (C=O) groups excluding carboxylic acids is 4. The predicted molar refractivity (Wildman–Crippen MR) is 171 cm³/mol. The number of primary amides is 1. The van der Waals surface area contributed by atoms with Gasteiger partial charge in [-0.05, 0) is 57.8 Å². The van der Waals surface area contributed by atoms with Crippen LogP contribution in [-0.2, 0) is 19.2 Å². The molecule has 0 spiro atoms. The van der Waals surface area contributed by atoms with E-state index in [0.29, 0.717) is 32.2 Å². The van der Waals surface area contributed by atoms with E-state index >= 15 is 0 Å². The minimum atomic E-state index is -0.373. The van der Waals surface area contributed by atoms with Gasteiger partial charge in [-0.1, -0.05) is 77.6 Å². The molecule has 2 amide bonds. The molecule has 0 fully saturated rings. The molecule has 42 heavy (non-hydrogen) atoms. The zero-order valence-corrected chi connectivity index (χ0v) is 27.4. The van der Waals surface area contributed by atoms with E-state index in [1.165, 1.54) is 44.9 Å². The van der Waals surface area contributed by atoms with E-state index in [4.69, 9.17) is 5.73 Å². The lowest BCUT2D eigenvalue weighted by Gasteiger charge is -2.16. The Morgan fingerprint density at radius 2 is 1.00 bits per heavy atom. The van der Waals surface area contributed by atoms with Crippen molar-refractivity contribution in [3.8, 4) is 0 Å². The Bertz CT molecular complexity index is 701. The number of amides is 2. The van der Waals surface area contributed by atoms with Crippen molar-refractivity contribution in [2.45, 2.75) is 161 Å². The molecular weight excluding hydrogens is 528 g/mol. The molecule has 9 N–H and O–H groups in total. The highest BCUT2D eigenvalue weighted by atomic mass is 16.2. The van der Waals surface area contributed by atoms with Gasteiger partial charge in [-0.15, -0.1) is 0 Å². The van der Waals surface area contributed by atoms with Crippen molar-refractivity contribution in [1.29, 1.82) is 0 Å². The molecule has 0 aromatic rings. The number of Topliss-reactive ketones (excluding diaryl/α,β-unsaturated/α-hetero) is 2. The number of nitrogens with one attached hydrogen (secondary N) is 1. The predicted octanol–water partition coefficient (Wildman–Crippen LogP) is 4.82. The summed E-state index contributed by atoms with van der Waals surface area (Å²) in [5.41, 5.74) is 13.2. The van der Waals surface area contributed by atoms with Gasteiger partial charge in [0.05, 0.1) is 13.1 Å². The highest BCUT2D eigenvalue weighted by Crippen LogP contribution is 2.18. The fourth-order valence-corrected chi connectivity index (χ4v) is 5.53. The van der Waals surface area contributed by atoms with Gasteiger partial charge in [0.25, 0.3) is 0 Å². The summed E-state index contributed by atoms with van der Waals surface area (Å²) in [5.74, 6) is -0.580. The molecule has 2 unspecified atom stereocenters. The van der Waals surface area contributed by atoms with Crippen LogP contribution in [0.5, 0.6) is 0 Å². The minimum absolute atomic E-state index is 0.0179. The van der Waals surface area contributed by atoms with Gasteiger partial charge in [0, 0.05) is 44.1 Å². The van der Waals surface area contributed by atoms with Gasteiger partial charge in [-0.25, -0.2) is 0 Å². The van der Waals surface area contributed by atoms with Gasteiger partial charge in [-0.2, -0.15) is 0 Å². The summed E-state index contributed by atoms with van der Waals surface area (Å²) in [5, 5.41) is 3.07. The number of unbranched alkanes of at least 4 members (excludes halogenated alkanes) is 14. The van der Waals surface area contributed by atoms with Crippen LogP contribution in [0.15, 0.2) is 0 Å². The third-order valence-corrected chi connectivity index (χ3v) is 8.32. The van der Waals surface area contributed by atoms with E-state index in [1.54, 1.807) is 0 Å². The number of hydrogen-bond acceptors (Lipinski definition) is 4. The molecule has 0 rings (SSSR count). The van der Waals surface area contributed by atoms with Crippen LogP contribution in [0.2, 0.25) is 0 Å². The topological polar surface area (TPSA) is 162 Å². The van der Waals surface area contributed by atoms with Crippen molar-refractivity contribution in [3.05, 3.63) is 0 Å². The van der Waals surface area contributed by atoms with E-state index in [9.17, 15) is 19.2 Å². The summed E-state index contributed by atoms with van der Waals surface area (Å²) in [7, 11) is 0. The monoisotopic (exact) mass is 597 g/mol. The van der Waals surface area contributed by atoms with Crippen molar-refractivity contribution in [2.24, 2.45) is 17.6 Å². The first-order valence-corrected chi connectivity index (χ1v) is 17.5. The lowest BCUT2D eigenvalue weighted by atomic mass is 9.93. The molecule has 8 nitrogen and oxygen atoms in total. The van der Waals surface area contributed by atoms with Gasteiger partial charge in [0.1, 0.15) is 11.6 Å². The maximum absolute atomic E-state index is 12.9. The molecular formula is C34H68N4O4+2. The van der Waals surface area contributed by atoms with E-state index in [0.717, 1.165) is 90.1 Å². The lowest BCUT2D eigenvalue weighted by molar-refractivity contribution is -0.369. The zero-order valence-electron chi connectivity index (χ0n) is 27.4. The number of quaternary nitrogens is 2. The van der Waals surface area contributed by atoms with Crippen molar-refractivity contribution in [1.82, 2.24) is 5.32 Å². The molecule has 0 aliphatic carbocycles. The van der Waals surface area contributed by atoms with Crippen LogP contribution in [0.4, 0.5) is 0 Å². The highest BCUT2D eigenvalue weighted by molar-refractivity contribution is 5.87. The van der Waals surface area contributed by atoms with E-state index in [1.807, 2.05) is 0 Å². The molecule has 0 saturated heterocycles. The molecule has 0 aliphatic heterocycles. The van der Waals surface area contributed by atoms with Crippen LogP contribution in [0.25, 0.3) is 0 Å². The lowest BCUT2D eigenvalue weighted by Crippen LogP contribution is -2.50.